The number of hydrogen-bond acceptors (Lipinski definition) is 4. The molecule has 0 saturated carbocycles. The predicted molar refractivity (Wildman–Crippen MR) is 104 cm³/mol. The van der Waals surface area contributed by atoms with E-state index < -0.39 is 11.6 Å². The summed E-state index contributed by atoms with van der Waals surface area (Å²) >= 11 is 0. The molecular weight excluding hydrogens is 381 g/mol. The van der Waals surface area contributed by atoms with Gasteiger partial charge in [-0.25, -0.2) is 13.2 Å². The zero-order valence-corrected chi connectivity index (χ0v) is 15.9. The molecule has 2 heterocycles. The van der Waals surface area contributed by atoms with Crippen molar-refractivity contribution in [2.24, 2.45) is 0 Å². The number of carbonyl (C=O) groups excluding carboxylic acids is 1. The summed E-state index contributed by atoms with van der Waals surface area (Å²) in [5.41, 5.74) is 1.19. The Balaban J connectivity index is 1.64. The van der Waals surface area contributed by atoms with Crippen molar-refractivity contribution in [3.63, 3.8) is 0 Å². The molecule has 4 rings (SSSR count). The first kappa shape index (κ1) is 19.2. The Kier molecular flexibility index (Phi) is 5.08. The number of anilines is 2. The molecule has 2 aliphatic heterocycles. The molecule has 1 saturated heterocycles. The molecule has 1 unspecified atom stereocenters. The molecular formula is C21H21F3N4O. The van der Waals surface area contributed by atoms with Crippen molar-refractivity contribution in [2.45, 2.75) is 19.5 Å². The smallest absolute Gasteiger partial charge is 0.222 e. The van der Waals surface area contributed by atoms with Gasteiger partial charge in [-0.1, -0.05) is 6.92 Å². The average molecular weight is 402 g/mol. The zero-order chi connectivity index (χ0) is 20.5. The third-order valence-corrected chi connectivity index (χ3v) is 5.22. The Morgan fingerprint density at radius 3 is 2.52 bits per heavy atom. The number of nitrogens with zero attached hydrogens (tertiary/aromatic N) is 3. The van der Waals surface area contributed by atoms with Gasteiger partial charge in [0.1, 0.15) is 17.8 Å². The zero-order valence-electron chi connectivity index (χ0n) is 15.9. The van der Waals surface area contributed by atoms with Gasteiger partial charge in [-0.15, -0.1) is 0 Å². The van der Waals surface area contributed by atoms with Crippen LogP contribution in [0.1, 0.15) is 13.3 Å². The molecule has 1 fully saturated rings. The lowest BCUT2D eigenvalue weighted by Crippen LogP contribution is -2.57. The standard InChI is InChI=1S/C21H21F3N4O/c1-2-21(29)26-9-10-27-19(25-15-5-8-17(23)18(24)11-15)12-28(20(27)13-26)16-6-3-14(22)4-7-16/h3-8,11-12,20,25H,2,9-10,13H2,1H3. The van der Waals surface area contributed by atoms with E-state index in [0.717, 1.165) is 17.8 Å². The van der Waals surface area contributed by atoms with Crippen LogP contribution in [0.4, 0.5) is 24.5 Å². The number of nitrogens with one attached hydrogen (secondary N) is 1. The molecule has 152 valence electrons. The van der Waals surface area contributed by atoms with Gasteiger partial charge >= 0.3 is 0 Å². The fourth-order valence-corrected chi connectivity index (χ4v) is 3.71. The van der Waals surface area contributed by atoms with Crippen LogP contribution in [0.3, 0.4) is 0 Å². The summed E-state index contributed by atoms with van der Waals surface area (Å²) in [5.74, 6) is -1.40. The van der Waals surface area contributed by atoms with Crippen molar-refractivity contribution in [1.82, 2.24) is 9.80 Å². The number of hydrogen-bond donors (Lipinski definition) is 1. The summed E-state index contributed by atoms with van der Waals surface area (Å²) in [6, 6.07) is 9.74. The largest absolute Gasteiger partial charge is 0.341 e. The summed E-state index contributed by atoms with van der Waals surface area (Å²) in [6.45, 7) is 3.45. The second kappa shape index (κ2) is 7.69. The van der Waals surface area contributed by atoms with Crippen LogP contribution < -0.4 is 10.2 Å². The first-order valence-corrected chi connectivity index (χ1v) is 9.48. The van der Waals surface area contributed by atoms with E-state index >= 15 is 0 Å². The topological polar surface area (TPSA) is 38.8 Å². The third-order valence-electron chi connectivity index (χ3n) is 5.22. The highest BCUT2D eigenvalue weighted by molar-refractivity contribution is 5.76. The Bertz CT molecular complexity index is 947. The minimum atomic E-state index is -0.932. The van der Waals surface area contributed by atoms with Crippen LogP contribution in [0, 0.1) is 17.5 Å². The van der Waals surface area contributed by atoms with Gasteiger partial charge in [0.15, 0.2) is 11.6 Å². The van der Waals surface area contributed by atoms with Crippen molar-refractivity contribution < 1.29 is 18.0 Å². The highest BCUT2D eigenvalue weighted by atomic mass is 19.2. The molecule has 2 aliphatic rings. The lowest BCUT2D eigenvalue weighted by molar-refractivity contribution is -0.133. The molecule has 0 bridgehead atoms. The van der Waals surface area contributed by atoms with E-state index in [4.69, 9.17) is 0 Å². The maximum atomic E-state index is 13.6. The van der Waals surface area contributed by atoms with E-state index in [2.05, 4.69) is 10.2 Å². The minimum Gasteiger partial charge on any atom is -0.341 e. The number of benzene rings is 2. The molecule has 0 aromatic heterocycles. The number of piperazine rings is 1. The van der Waals surface area contributed by atoms with Crippen LogP contribution in [-0.2, 0) is 4.79 Å². The summed E-state index contributed by atoms with van der Waals surface area (Å²) in [7, 11) is 0. The monoisotopic (exact) mass is 402 g/mol. The van der Waals surface area contributed by atoms with E-state index in [9.17, 15) is 18.0 Å². The Hall–Kier alpha value is -3.16. The van der Waals surface area contributed by atoms with Gasteiger partial charge in [-0.05, 0) is 36.4 Å². The van der Waals surface area contributed by atoms with Crippen LogP contribution >= 0.6 is 0 Å². The Morgan fingerprint density at radius 2 is 1.83 bits per heavy atom. The Morgan fingerprint density at radius 1 is 1.07 bits per heavy atom. The van der Waals surface area contributed by atoms with E-state index in [1.54, 1.807) is 12.1 Å². The van der Waals surface area contributed by atoms with Crippen molar-refractivity contribution >= 4 is 17.3 Å². The lowest BCUT2D eigenvalue weighted by atomic mass is 10.2. The number of fused-ring (bicyclic) bond motifs is 1. The van der Waals surface area contributed by atoms with Gasteiger partial charge in [0.05, 0.1) is 6.54 Å². The lowest BCUT2D eigenvalue weighted by Gasteiger charge is -2.42. The quantitative estimate of drug-likeness (QED) is 0.846. The van der Waals surface area contributed by atoms with E-state index in [-0.39, 0.29) is 17.9 Å². The molecule has 2 aromatic carbocycles. The van der Waals surface area contributed by atoms with Crippen molar-refractivity contribution in [3.8, 4) is 0 Å². The number of carbonyl (C=O) groups is 1. The van der Waals surface area contributed by atoms with Crippen molar-refractivity contribution in [1.29, 1.82) is 0 Å². The van der Waals surface area contributed by atoms with Gasteiger partial charge in [0.2, 0.25) is 5.91 Å². The predicted octanol–water partition coefficient (Wildman–Crippen LogP) is 3.72. The van der Waals surface area contributed by atoms with Crippen molar-refractivity contribution in [2.75, 3.05) is 29.9 Å². The van der Waals surface area contributed by atoms with Gasteiger partial charge in [-0.3, -0.25) is 4.79 Å². The molecule has 0 aliphatic carbocycles. The number of amides is 1. The normalized spacial score (nSPS) is 18.6. The number of halogens is 3. The molecule has 5 nitrogen and oxygen atoms in total. The van der Waals surface area contributed by atoms with E-state index in [1.807, 2.05) is 22.9 Å². The number of rotatable bonds is 4. The van der Waals surface area contributed by atoms with Crippen LogP contribution in [0.15, 0.2) is 54.5 Å². The second-order valence-electron chi connectivity index (χ2n) is 7.02. The highest BCUT2D eigenvalue weighted by Crippen LogP contribution is 2.32. The molecule has 1 N–H and O–H groups in total. The third kappa shape index (κ3) is 3.74. The molecule has 0 radical (unpaired) electrons. The molecule has 29 heavy (non-hydrogen) atoms. The van der Waals surface area contributed by atoms with Gasteiger partial charge in [0.25, 0.3) is 0 Å². The molecule has 0 spiro atoms. The maximum Gasteiger partial charge on any atom is 0.222 e. The highest BCUT2D eigenvalue weighted by Gasteiger charge is 2.38. The van der Waals surface area contributed by atoms with Crippen LogP contribution in [0.2, 0.25) is 0 Å². The van der Waals surface area contributed by atoms with Crippen LogP contribution in [0.5, 0.6) is 0 Å². The minimum absolute atomic E-state index is 0.0747. The van der Waals surface area contributed by atoms with Gasteiger partial charge < -0.3 is 20.0 Å². The maximum absolute atomic E-state index is 13.6. The SMILES string of the molecule is CCC(=O)N1CCN2C(Nc3ccc(F)c(F)c3)=CN(c3ccc(F)cc3)C2C1. The summed E-state index contributed by atoms with van der Waals surface area (Å²) in [4.78, 5) is 18.1. The molecule has 2 aromatic rings. The molecule has 1 amide bonds. The second-order valence-corrected chi connectivity index (χ2v) is 7.02. The molecule has 1 atom stereocenters. The first-order chi connectivity index (χ1) is 14.0. The molecule has 8 heteroatoms. The Labute approximate surface area is 167 Å². The summed E-state index contributed by atoms with van der Waals surface area (Å²) in [5, 5.41) is 3.14. The van der Waals surface area contributed by atoms with Crippen molar-refractivity contribution in [3.05, 3.63) is 71.9 Å². The van der Waals surface area contributed by atoms with E-state index in [1.165, 1.54) is 18.2 Å². The summed E-state index contributed by atoms with van der Waals surface area (Å²) in [6.07, 6.45) is 2.09. The average Bonchev–Trinajstić information content (AvgIpc) is 3.08. The van der Waals surface area contributed by atoms with Gasteiger partial charge in [0, 0.05) is 43.2 Å². The summed E-state index contributed by atoms with van der Waals surface area (Å²) < 4.78 is 40.2. The van der Waals surface area contributed by atoms with E-state index in [0.29, 0.717) is 37.6 Å². The fourth-order valence-electron chi connectivity index (χ4n) is 3.71. The van der Waals surface area contributed by atoms with Crippen LogP contribution in [-0.4, -0.2) is 41.5 Å². The van der Waals surface area contributed by atoms with Gasteiger partial charge in [-0.2, -0.15) is 0 Å². The fraction of sp³-hybridized carbons (Fsp3) is 0.286. The van der Waals surface area contributed by atoms with Crippen LogP contribution in [0.25, 0.3) is 0 Å². The first-order valence-electron chi connectivity index (χ1n) is 9.48.